The fourth-order valence-corrected chi connectivity index (χ4v) is 4.77. The summed E-state index contributed by atoms with van der Waals surface area (Å²) in [6.45, 7) is 0.0781. The Hall–Kier alpha value is -3.40. The molecule has 2 amide bonds. The zero-order valence-electron chi connectivity index (χ0n) is 18.7. The summed E-state index contributed by atoms with van der Waals surface area (Å²) >= 11 is 5.26. The predicted octanol–water partition coefficient (Wildman–Crippen LogP) is 5.62. The molecule has 7 nitrogen and oxygen atoms in total. The van der Waals surface area contributed by atoms with Gasteiger partial charge in [-0.05, 0) is 18.2 Å². The predicted molar refractivity (Wildman–Crippen MR) is 132 cm³/mol. The van der Waals surface area contributed by atoms with Crippen molar-refractivity contribution in [1.29, 1.82) is 0 Å². The van der Waals surface area contributed by atoms with Crippen molar-refractivity contribution in [2.75, 3.05) is 17.2 Å². The number of rotatable bonds is 7. The number of carbonyl (C=O) groups excluding carboxylic acids is 1. The van der Waals surface area contributed by atoms with Crippen LogP contribution in [0.15, 0.2) is 60.8 Å². The van der Waals surface area contributed by atoms with Gasteiger partial charge in [0.2, 0.25) is 0 Å². The third-order valence-corrected chi connectivity index (χ3v) is 7.17. The molecule has 3 aromatic carbocycles. The second-order valence-corrected chi connectivity index (χ2v) is 10.5. The SMILES string of the molecule is O=C(Nc1ccc(Oc2ccc3ncc([As]CCO)nc3c2)c(F)c1)Nc1ccc(Cl)c(C(F)(F)F)c1. The van der Waals surface area contributed by atoms with E-state index in [2.05, 4.69) is 20.6 Å². The second-order valence-electron chi connectivity index (χ2n) is 7.50. The molecule has 0 aliphatic carbocycles. The number of fused-ring (bicyclic) bond motifs is 1. The Kier molecular flexibility index (Phi) is 8.16. The van der Waals surface area contributed by atoms with Crippen molar-refractivity contribution < 1.29 is 32.2 Å². The van der Waals surface area contributed by atoms with E-state index in [1.807, 2.05) is 0 Å². The molecule has 191 valence electrons. The summed E-state index contributed by atoms with van der Waals surface area (Å²) in [5.41, 5.74) is 0.0100. The van der Waals surface area contributed by atoms with Gasteiger partial charge in [-0.15, -0.1) is 0 Å². The van der Waals surface area contributed by atoms with Gasteiger partial charge in [0.25, 0.3) is 0 Å². The van der Waals surface area contributed by atoms with Crippen molar-refractivity contribution >= 4 is 60.3 Å². The summed E-state index contributed by atoms with van der Waals surface area (Å²) in [7, 11) is 0. The number of aromatic nitrogens is 2. The molecule has 37 heavy (non-hydrogen) atoms. The summed E-state index contributed by atoms with van der Waals surface area (Å²) in [5, 5.41) is 13.7. The molecule has 0 atom stereocenters. The van der Waals surface area contributed by atoms with Crippen LogP contribution in [0.5, 0.6) is 11.5 Å². The maximum absolute atomic E-state index is 14.7. The van der Waals surface area contributed by atoms with Crippen molar-refractivity contribution in [3.05, 3.63) is 77.2 Å². The molecule has 0 unspecified atom stereocenters. The van der Waals surface area contributed by atoms with E-state index in [1.165, 1.54) is 18.2 Å². The van der Waals surface area contributed by atoms with Gasteiger partial charge in [0.1, 0.15) is 0 Å². The molecule has 0 aliphatic rings. The first-order valence-corrected chi connectivity index (χ1v) is 13.2. The summed E-state index contributed by atoms with van der Waals surface area (Å²) in [4.78, 5) is 21.1. The van der Waals surface area contributed by atoms with Gasteiger partial charge in [0, 0.05) is 5.69 Å². The Morgan fingerprint density at radius 2 is 1.76 bits per heavy atom. The normalized spacial score (nSPS) is 11.7. The fourth-order valence-electron chi connectivity index (χ4n) is 3.19. The Morgan fingerprint density at radius 3 is 2.46 bits per heavy atom. The van der Waals surface area contributed by atoms with E-state index < -0.39 is 28.6 Å². The molecule has 3 N–H and O–H groups in total. The third kappa shape index (κ3) is 6.88. The molecular formula is C24H17AsClF4N4O3. The minimum atomic E-state index is -4.69. The van der Waals surface area contributed by atoms with E-state index in [1.54, 1.807) is 24.4 Å². The van der Waals surface area contributed by atoms with E-state index in [4.69, 9.17) is 21.4 Å². The van der Waals surface area contributed by atoms with Gasteiger partial charge in [0.15, 0.2) is 0 Å². The van der Waals surface area contributed by atoms with Crippen LogP contribution in [0.2, 0.25) is 10.2 Å². The largest absolute Gasteiger partial charge is 0.417 e. The van der Waals surface area contributed by atoms with Crippen LogP contribution in [-0.2, 0) is 6.18 Å². The van der Waals surface area contributed by atoms with Crippen LogP contribution >= 0.6 is 11.6 Å². The van der Waals surface area contributed by atoms with E-state index in [-0.39, 0.29) is 39.5 Å². The fraction of sp³-hybridized carbons (Fsp3) is 0.125. The van der Waals surface area contributed by atoms with Crippen LogP contribution < -0.4 is 19.9 Å². The number of benzene rings is 3. The molecule has 1 aromatic heterocycles. The van der Waals surface area contributed by atoms with E-state index in [0.29, 0.717) is 28.1 Å². The Labute approximate surface area is 219 Å². The first-order valence-electron chi connectivity index (χ1n) is 10.6. The van der Waals surface area contributed by atoms with Crippen LogP contribution in [0.3, 0.4) is 0 Å². The third-order valence-electron chi connectivity index (χ3n) is 4.82. The summed E-state index contributed by atoms with van der Waals surface area (Å²) < 4.78 is 60.1. The van der Waals surface area contributed by atoms with Gasteiger partial charge < -0.3 is 5.32 Å². The van der Waals surface area contributed by atoms with Gasteiger partial charge in [-0.2, -0.15) is 13.2 Å². The minimum absolute atomic E-state index is 0.0496. The Morgan fingerprint density at radius 1 is 1.03 bits per heavy atom. The zero-order valence-corrected chi connectivity index (χ0v) is 21.3. The van der Waals surface area contributed by atoms with Gasteiger partial charge in [-0.1, -0.05) is 11.6 Å². The quantitative estimate of drug-likeness (QED) is 0.191. The van der Waals surface area contributed by atoms with Crippen LogP contribution in [0.25, 0.3) is 11.0 Å². The van der Waals surface area contributed by atoms with Gasteiger partial charge in [0.05, 0.1) is 10.6 Å². The monoisotopic (exact) mass is 595 g/mol. The molecule has 4 aromatic rings. The molecular weight excluding hydrogens is 579 g/mol. The number of halogens is 5. The second kappa shape index (κ2) is 11.3. The molecule has 1 radical (unpaired) electrons. The minimum Gasteiger partial charge on any atom is -0.308 e. The average Bonchev–Trinajstić information content (AvgIpc) is 2.84. The summed E-state index contributed by atoms with van der Waals surface area (Å²) in [6, 6.07) is 10.6. The van der Waals surface area contributed by atoms with Gasteiger partial charge >= 0.3 is 150 Å². The average molecular weight is 596 g/mol. The topological polar surface area (TPSA) is 96.4 Å². The Bertz CT molecular complexity index is 1460. The molecule has 0 saturated heterocycles. The van der Waals surface area contributed by atoms with Crippen LogP contribution in [0.4, 0.5) is 33.7 Å². The molecule has 1 heterocycles. The molecule has 0 bridgehead atoms. The number of alkyl halides is 3. The van der Waals surface area contributed by atoms with Crippen LogP contribution in [0.1, 0.15) is 5.56 Å². The number of anilines is 2. The number of carbonyl (C=O) groups is 1. The molecule has 13 heteroatoms. The number of aliphatic hydroxyl groups excluding tert-OH is 1. The Balaban J connectivity index is 1.43. The number of ether oxygens (including phenoxy) is 1. The maximum Gasteiger partial charge on any atom is 0.417 e. The van der Waals surface area contributed by atoms with Crippen molar-refractivity contribution in [3.8, 4) is 11.5 Å². The van der Waals surface area contributed by atoms with Crippen molar-refractivity contribution in [2.24, 2.45) is 0 Å². The number of nitrogens with zero attached hydrogens (tertiary/aromatic N) is 2. The number of aliphatic hydroxyl groups is 1. The number of nitrogens with one attached hydrogen (secondary N) is 2. The first kappa shape index (κ1) is 26.7. The first-order chi connectivity index (χ1) is 17.6. The summed E-state index contributed by atoms with van der Waals surface area (Å²) in [5.74, 6) is -0.581. The molecule has 0 fully saturated rings. The van der Waals surface area contributed by atoms with E-state index in [9.17, 15) is 22.4 Å². The molecule has 0 spiro atoms. The number of amides is 2. The van der Waals surface area contributed by atoms with Crippen LogP contribution in [-0.4, -0.2) is 43.5 Å². The maximum atomic E-state index is 14.7. The van der Waals surface area contributed by atoms with Crippen molar-refractivity contribution in [3.63, 3.8) is 0 Å². The van der Waals surface area contributed by atoms with Crippen LogP contribution in [0, 0.1) is 5.82 Å². The number of urea groups is 1. The smallest absolute Gasteiger partial charge is 0.308 e. The standard InChI is InChI=1S/C24H17AsClF4N4O3/c26-17-4-1-13(9-16(17)24(28,29)30)32-23(36)33-14-2-6-21(18(27)10-14)37-15-3-5-19-20(11-15)34-22(12-31-19)25-7-8-35/h1-6,9-12,35H,7-8H2,(H2,32,33,36). The molecule has 0 aliphatic heterocycles. The van der Waals surface area contributed by atoms with Gasteiger partial charge in [-0.25, -0.2) is 4.79 Å². The summed E-state index contributed by atoms with van der Waals surface area (Å²) in [6.07, 6.45) is -3.02. The van der Waals surface area contributed by atoms with Crippen molar-refractivity contribution in [2.45, 2.75) is 11.4 Å². The molecule has 4 rings (SSSR count). The van der Waals surface area contributed by atoms with E-state index >= 15 is 0 Å². The van der Waals surface area contributed by atoms with E-state index in [0.717, 1.165) is 16.6 Å². The van der Waals surface area contributed by atoms with Crippen molar-refractivity contribution in [1.82, 2.24) is 9.97 Å². The number of hydrogen-bond donors (Lipinski definition) is 3. The number of hydrogen-bond acceptors (Lipinski definition) is 5. The van der Waals surface area contributed by atoms with Gasteiger partial charge in [-0.3, -0.25) is 0 Å². The molecule has 0 saturated carbocycles. The zero-order chi connectivity index (χ0) is 26.6.